The van der Waals surface area contributed by atoms with Gasteiger partial charge in [-0.1, -0.05) is 49.8 Å². The quantitative estimate of drug-likeness (QED) is 0.531. The van der Waals surface area contributed by atoms with Crippen molar-refractivity contribution in [1.82, 2.24) is 0 Å². The van der Waals surface area contributed by atoms with Crippen LogP contribution in [-0.4, -0.2) is 0 Å². The molecular formula is C13H18. The topological polar surface area (TPSA) is 0 Å². The summed E-state index contributed by atoms with van der Waals surface area (Å²) >= 11 is 0. The lowest BCUT2D eigenvalue weighted by molar-refractivity contribution is 0.435. The van der Waals surface area contributed by atoms with E-state index in [9.17, 15) is 0 Å². The van der Waals surface area contributed by atoms with Gasteiger partial charge in [-0.15, -0.1) is 0 Å². The smallest absolute Gasteiger partial charge is 0.00455 e. The molecule has 0 aromatic heterocycles. The second-order valence-corrected chi connectivity index (χ2v) is 4.40. The number of fused-ring (bicyclic) bond motifs is 1. The molecule has 0 nitrogen and oxygen atoms in total. The van der Waals surface area contributed by atoms with Crippen LogP contribution < -0.4 is 0 Å². The molecule has 0 aromatic carbocycles. The Morgan fingerprint density at radius 3 is 2.77 bits per heavy atom. The van der Waals surface area contributed by atoms with Gasteiger partial charge in [0.15, 0.2) is 0 Å². The fourth-order valence-electron chi connectivity index (χ4n) is 2.49. The molecule has 0 heteroatoms. The van der Waals surface area contributed by atoms with E-state index in [4.69, 9.17) is 0 Å². The van der Waals surface area contributed by atoms with Crippen molar-refractivity contribution in [2.24, 2.45) is 17.8 Å². The van der Waals surface area contributed by atoms with E-state index in [0.717, 1.165) is 5.92 Å². The second-order valence-electron chi connectivity index (χ2n) is 4.40. The van der Waals surface area contributed by atoms with E-state index in [0.29, 0.717) is 11.8 Å². The van der Waals surface area contributed by atoms with Crippen LogP contribution in [0.25, 0.3) is 0 Å². The number of hydrogen-bond acceptors (Lipinski definition) is 0. The highest BCUT2D eigenvalue weighted by molar-refractivity contribution is 5.27. The lowest BCUT2D eigenvalue weighted by Gasteiger charge is -2.32. The summed E-state index contributed by atoms with van der Waals surface area (Å²) < 4.78 is 0. The fraction of sp³-hybridized carbons (Fsp3) is 0.538. The summed E-state index contributed by atoms with van der Waals surface area (Å²) in [5, 5.41) is 0. The van der Waals surface area contributed by atoms with Crippen molar-refractivity contribution >= 4 is 0 Å². The van der Waals surface area contributed by atoms with Crippen LogP contribution in [0.1, 0.15) is 26.7 Å². The van der Waals surface area contributed by atoms with Gasteiger partial charge in [-0.3, -0.25) is 0 Å². The third kappa shape index (κ3) is 1.63. The molecule has 0 saturated heterocycles. The Morgan fingerprint density at radius 2 is 2.00 bits per heavy atom. The van der Waals surface area contributed by atoms with E-state index in [-0.39, 0.29) is 0 Å². The Hall–Kier alpha value is -0.780. The van der Waals surface area contributed by atoms with E-state index in [2.05, 4.69) is 44.2 Å². The Balaban J connectivity index is 2.24. The maximum Gasteiger partial charge on any atom is 0.00455 e. The van der Waals surface area contributed by atoms with Crippen molar-refractivity contribution in [3.63, 3.8) is 0 Å². The molecule has 2 atom stereocenters. The van der Waals surface area contributed by atoms with Gasteiger partial charge in [0.1, 0.15) is 0 Å². The molecule has 2 aliphatic carbocycles. The zero-order valence-corrected chi connectivity index (χ0v) is 8.53. The highest BCUT2D eigenvalue weighted by Gasteiger charge is 2.26. The molecule has 0 spiro atoms. The van der Waals surface area contributed by atoms with Crippen molar-refractivity contribution in [1.29, 1.82) is 0 Å². The van der Waals surface area contributed by atoms with Gasteiger partial charge in [0.25, 0.3) is 0 Å². The second kappa shape index (κ2) is 3.53. The van der Waals surface area contributed by atoms with Crippen molar-refractivity contribution in [2.75, 3.05) is 0 Å². The zero-order chi connectivity index (χ0) is 9.26. The van der Waals surface area contributed by atoms with E-state index < -0.39 is 0 Å². The van der Waals surface area contributed by atoms with E-state index in [1.165, 1.54) is 12.8 Å². The molecule has 0 bridgehead atoms. The molecule has 0 amide bonds. The van der Waals surface area contributed by atoms with Crippen LogP contribution >= 0.6 is 0 Å². The first-order valence-electron chi connectivity index (χ1n) is 5.34. The predicted octanol–water partition coefficient (Wildman–Crippen LogP) is 3.72. The molecule has 0 fully saturated rings. The van der Waals surface area contributed by atoms with Gasteiger partial charge in [0.2, 0.25) is 0 Å². The van der Waals surface area contributed by atoms with Crippen LogP contribution in [0.5, 0.6) is 0 Å². The first kappa shape index (κ1) is 8.80. The van der Waals surface area contributed by atoms with Gasteiger partial charge in [0, 0.05) is 5.92 Å². The van der Waals surface area contributed by atoms with Gasteiger partial charge < -0.3 is 0 Å². The van der Waals surface area contributed by atoms with Crippen LogP contribution in [0, 0.1) is 17.8 Å². The number of rotatable bonds is 1. The van der Waals surface area contributed by atoms with Gasteiger partial charge in [-0.05, 0) is 24.7 Å². The first-order chi connectivity index (χ1) is 6.29. The molecule has 0 radical (unpaired) electrons. The molecule has 2 rings (SSSR count). The molecule has 0 heterocycles. The summed E-state index contributed by atoms with van der Waals surface area (Å²) in [5.41, 5.74) is 1.65. The molecule has 0 saturated carbocycles. The maximum atomic E-state index is 2.45. The first-order valence-corrected chi connectivity index (χ1v) is 5.34. The van der Waals surface area contributed by atoms with E-state index in [1.807, 2.05) is 0 Å². The van der Waals surface area contributed by atoms with Crippen LogP contribution in [0.15, 0.2) is 36.0 Å². The monoisotopic (exact) mass is 174 g/mol. The third-order valence-electron chi connectivity index (χ3n) is 3.18. The van der Waals surface area contributed by atoms with Crippen molar-refractivity contribution in [2.45, 2.75) is 26.7 Å². The van der Waals surface area contributed by atoms with Crippen LogP contribution in [0.3, 0.4) is 0 Å². The summed E-state index contributed by atoms with van der Waals surface area (Å²) in [4.78, 5) is 0. The predicted molar refractivity (Wildman–Crippen MR) is 57.4 cm³/mol. The van der Waals surface area contributed by atoms with Gasteiger partial charge >= 0.3 is 0 Å². The highest BCUT2D eigenvalue weighted by Crippen LogP contribution is 2.37. The number of allylic oxidation sites excluding steroid dienone is 6. The lowest BCUT2D eigenvalue weighted by atomic mass is 9.73. The van der Waals surface area contributed by atoms with E-state index in [1.54, 1.807) is 5.57 Å². The van der Waals surface area contributed by atoms with Gasteiger partial charge in [0.05, 0.1) is 0 Å². The minimum atomic E-state index is 0.707. The van der Waals surface area contributed by atoms with Gasteiger partial charge in [-0.25, -0.2) is 0 Å². The summed E-state index contributed by atoms with van der Waals surface area (Å²) in [6.45, 7) is 4.61. The zero-order valence-electron chi connectivity index (χ0n) is 8.53. The third-order valence-corrected chi connectivity index (χ3v) is 3.18. The molecule has 0 N–H and O–H groups in total. The Kier molecular flexibility index (Phi) is 2.39. The van der Waals surface area contributed by atoms with Crippen molar-refractivity contribution in [3.8, 4) is 0 Å². The minimum absolute atomic E-state index is 0.707. The SMILES string of the molecule is CC(C)C1=CCCC2C=CC=CC12. The minimum Gasteiger partial charge on any atom is -0.0844 e. The van der Waals surface area contributed by atoms with Crippen LogP contribution in [0.4, 0.5) is 0 Å². The number of hydrogen-bond donors (Lipinski definition) is 0. The summed E-state index contributed by atoms with van der Waals surface area (Å²) in [5.74, 6) is 2.20. The largest absolute Gasteiger partial charge is 0.0844 e. The lowest BCUT2D eigenvalue weighted by Crippen LogP contribution is -2.21. The fourth-order valence-corrected chi connectivity index (χ4v) is 2.49. The normalized spacial score (nSPS) is 31.8. The molecule has 70 valence electrons. The molecule has 0 aliphatic heterocycles. The highest BCUT2D eigenvalue weighted by atomic mass is 14.3. The van der Waals surface area contributed by atoms with Crippen LogP contribution in [-0.2, 0) is 0 Å². The Morgan fingerprint density at radius 1 is 1.23 bits per heavy atom. The average Bonchev–Trinajstić information content (AvgIpc) is 2.17. The van der Waals surface area contributed by atoms with Crippen molar-refractivity contribution in [3.05, 3.63) is 36.0 Å². The standard InChI is InChI=1S/C13H18/c1-10(2)12-9-5-7-11-6-3-4-8-13(11)12/h3-4,6,8-11,13H,5,7H2,1-2H3. The van der Waals surface area contributed by atoms with Gasteiger partial charge in [-0.2, -0.15) is 0 Å². The molecular weight excluding hydrogens is 156 g/mol. The molecule has 13 heavy (non-hydrogen) atoms. The molecule has 2 aliphatic rings. The van der Waals surface area contributed by atoms with Crippen molar-refractivity contribution < 1.29 is 0 Å². The maximum absolute atomic E-state index is 2.45. The van der Waals surface area contributed by atoms with E-state index >= 15 is 0 Å². The molecule has 2 unspecified atom stereocenters. The summed E-state index contributed by atoms with van der Waals surface area (Å²) in [7, 11) is 0. The molecule has 0 aromatic rings. The average molecular weight is 174 g/mol. The summed E-state index contributed by atoms with van der Waals surface area (Å²) in [6, 6.07) is 0. The Bertz CT molecular complexity index is 266. The Labute approximate surface area is 81.0 Å². The summed E-state index contributed by atoms with van der Waals surface area (Å²) in [6.07, 6.45) is 14.2. The van der Waals surface area contributed by atoms with Crippen LogP contribution in [0.2, 0.25) is 0 Å².